The maximum absolute atomic E-state index is 12.0. The van der Waals surface area contributed by atoms with Crippen molar-refractivity contribution < 1.29 is 14.3 Å². The molecule has 0 atom stereocenters. The molecule has 4 aromatic rings. The van der Waals surface area contributed by atoms with Gasteiger partial charge in [-0.05, 0) is 98.7 Å². The molecule has 2 aromatic carbocycles. The summed E-state index contributed by atoms with van der Waals surface area (Å²) in [5.74, 6) is 2.04. The Bertz CT molecular complexity index is 1430. The summed E-state index contributed by atoms with van der Waals surface area (Å²) >= 11 is 1.56. The van der Waals surface area contributed by atoms with Crippen LogP contribution in [0.2, 0.25) is 0 Å². The minimum Gasteiger partial charge on any atom is -0.495 e. The van der Waals surface area contributed by atoms with E-state index in [1.807, 2.05) is 17.5 Å². The SMILES string of the molecule is COC(=O)c1cccc(Nc2nc(Nc3cc(C)c(C4CCN(C)CC4)cc3OC)nc3ccsc23)c1. The van der Waals surface area contributed by atoms with Crippen LogP contribution in [-0.2, 0) is 4.74 Å². The maximum Gasteiger partial charge on any atom is 0.337 e. The van der Waals surface area contributed by atoms with Gasteiger partial charge in [0, 0.05) is 5.69 Å². The molecule has 1 fully saturated rings. The molecular formula is C28H31N5O3S. The highest BCUT2D eigenvalue weighted by Crippen LogP contribution is 2.38. The third kappa shape index (κ3) is 5.38. The summed E-state index contributed by atoms with van der Waals surface area (Å²) < 4.78 is 11.6. The molecule has 192 valence electrons. The van der Waals surface area contributed by atoms with Crippen molar-refractivity contribution in [3.05, 3.63) is 64.5 Å². The third-order valence-electron chi connectivity index (χ3n) is 6.84. The highest BCUT2D eigenvalue weighted by molar-refractivity contribution is 7.17. The number of likely N-dealkylation sites (tertiary alicyclic amines) is 1. The number of benzene rings is 2. The smallest absolute Gasteiger partial charge is 0.337 e. The molecule has 1 aliphatic heterocycles. The summed E-state index contributed by atoms with van der Waals surface area (Å²) in [7, 11) is 5.24. The lowest BCUT2D eigenvalue weighted by Gasteiger charge is -2.30. The number of esters is 1. The first-order valence-electron chi connectivity index (χ1n) is 12.3. The van der Waals surface area contributed by atoms with Crippen molar-refractivity contribution in [1.82, 2.24) is 14.9 Å². The minimum atomic E-state index is -0.388. The number of thiophene rings is 1. The molecule has 0 unspecified atom stereocenters. The zero-order chi connectivity index (χ0) is 25.9. The van der Waals surface area contributed by atoms with Crippen molar-refractivity contribution in [2.75, 3.05) is 45.0 Å². The lowest BCUT2D eigenvalue weighted by Crippen LogP contribution is -2.29. The highest BCUT2D eigenvalue weighted by Gasteiger charge is 2.22. The number of nitrogens with one attached hydrogen (secondary N) is 2. The van der Waals surface area contributed by atoms with E-state index in [9.17, 15) is 4.79 Å². The fourth-order valence-electron chi connectivity index (χ4n) is 4.83. The fourth-order valence-corrected chi connectivity index (χ4v) is 5.61. The average molecular weight is 518 g/mol. The highest BCUT2D eigenvalue weighted by atomic mass is 32.1. The summed E-state index contributed by atoms with van der Waals surface area (Å²) in [4.78, 5) is 23.9. The number of hydrogen-bond donors (Lipinski definition) is 2. The van der Waals surface area contributed by atoms with Crippen molar-refractivity contribution in [3.8, 4) is 5.75 Å². The summed E-state index contributed by atoms with van der Waals surface area (Å²) in [5.41, 5.74) is 5.42. The molecule has 1 aliphatic rings. The topological polar surface area (TPSA) is 88.6 Å². The molecule has 1 saturated heterocycles. The number of aryl methyl sites for hydroxylation is 1. The van der Waals surface area contributed by atoms with Crippen LogP contribution < -0.4 is 15.4 Å². The number of nitrogens with zero attached hydrogens (tertiary/aromatic N) is 3. The molecule has 3 heterocycles. The first-order chi connectivity index (χ1) is 17.9. The van der Waals surface area contributed by atoms with Gasteiger partial charge in [-0.15, -0.1) is 11.3 Å². The van der Waals surface area contributed by atoms with Crippen molar-refractivity contribution in [2.24, 2.45) is 0 Å². The first-order valence-corrected chi connectivity index (χ1v) is 13.2. The number of ether oxygens (including phenoxy) is 2. The standard InChI is InChI=1S/C28H31N5O3S/c1-17-14-23(24(35-3)16-21(17)18-8-11-33(2)12-9-18)31-28-30-22-10-13-37-25(22)26(32-28)29-20-7-5-6-19(15-20)27(34)36-4/h5-7,10,13-16,18H,8-9,11-12H2,1-4H3,(H2,29,30,31,32). The number of carbonyl (C=O) groups excluding carboxylic acids is 1. The molecule has 2 N–H and O–H groups in total. The van der Waals surface area contributed by atoms with Crippen LogP contribution in [0.25, 0.3) is 10.2 Å². The number of carbonyl (C=O) groups is 1. The normalized spacial score (nSPS) is 14.5. The molecule has 0 amide bonds. The van der Waals surface area contributed by atoms with E-state index in [1.165, 1.54) is 18.2 Å². The molecule has 2 aromatic heterocycles. The van der Waals surface area contributed by atoms with Gasteiger partial charge >= 0.3 is 5.97 Å². The Morgan fingerprint density at radius 3 is 2.65 bits per heavy atom. The van der Waals surface area contributed by atoms with Crippen LogP contribution in [0, 0.1) is 6.92 Å². The average Bonchev–Trinajstić information content (AvgIpc) is 3.38. The fraction of sp³-hybridized carbons (Fsp3) is 0.321. The van der Waals surface area contributed by atoms with Gasteiger partial charge in [-0.25, -0.2) is 9.78 Å². The van der Waals surface area contributed by atoms with Gasteiger partial charge in [0.2, 0.25) is 5.95 Å². The van der Waals surface area contributed by atoms with Gasteiger partial charge in [0.1, 0.15) is 5.75 Å². The van der Waals surface area contributed by atoms with Crippen LogP contribution in [0.3, 0.4) is 0 Å². The van der Waals surface area contributed by atoms with Crippen LogP contribution in [-0.4, -0.2) is 55.2 Å². The predicted octanol–water partition coefficient (Wildman–Crippen LogP) is 6.09. The second-order valence-corrected chi connectivity index (χ2v) is 10.3. The molecule has 8 nitrogen and oxygen atoms in total. The van der Waals surface area contributed by atoms with Crippen molar-refractivity contribution >= 4 is 50.7 Å². The zero-order valence-corrected chi connectivity index (χ0v) is 22.3. The Labute approximate surface area is 220 Å². The molecule has 5 rings (SSSR count). The monoisotopic (exact) mass is 517 g/mol. The summed E-state index contributed by atoms with van der Waals surface area (Å²) in [5, 5.41) is 8.72. The van der Waals surface area contributed by atoms with Crippen LogP contribution in [0.15, 0.2) is 47.8 Å². The Morgan fingerprint density at radius 1 is 1.08 bits per heavy atom. The molecule has 0 radical (unpaired) electrons. The summed E-state index contributed by atoms with van der Waals surface area (Å²) in [6.45, 7) is 4.38. The van der Waals surface area contributed by atoms with Crippen molar-refractivity contribution in [1.29, 1.82) is 0 Å². The third-order valence-corrected chi connectivity index (χ3v) is 7.75. The number of hydrogen-bond acceptors (Lipinski definition) is 9. The van der Waals surface area contributed by atoms with Crippen LogP contribution >= 0.6 is 11.3 Å². The van der Waals surface area contributed by atoms with Crippen LogP contribution in [0.4, 0.5) is 23.1 Å². The van der Waals surface area contributed by atoms with E-state index < -0.39 is 0 Å². The van der Waals surface area contributed by atoms with Gasteiger partial charge in [-0.3, -0.25) is 0 Å². The van der Waals surface area contributed by atoms with E-state index in [-0.39, 0.29) is 5.97 Å². The number of anilines is 4. The Hall–Kier alpha value is -3.69. The van der Waals surface area contributed by atoms with Crippen molar-refractivity contribution in [3.63, 3.8) is 0 Å². The van der Waals surface area contributed by atoms with Gasteiger partial charge in [0.15, 0.2) is 5.82 Å². The number of aromatic nitrogens is 2. The molecular weight excluding hydrogens is 486 g/mol. The molecule has 0 aliphatic carbocycles. The Balaban J connectivity index is 1.45. The summed E-state index contributed by atoms with van der Waals surface area (Å²) in [6.07, 6.45) is 2.30. The van der Waals surface area contributed by atoms with Gasteiger partial charge in [-0.1, -0.05) is 6.07 Å². The quantitative estimate of drug-likeness (QED) is 0.285. The lowest BCUT2D eigenvalue weighted by molar-refractivity contribution is 0.0601. The molecule has 0 bridgehead atoms. The van der Waals surface area contributed by atoms with E-state index in [4.69, 9.17) is 19.4 Å². The molecule has 9 heteroatoms. The van der Waals surface area contributed by atoms with E-state index in [1.54, 1.807) is 36.6 Å². The Morgan fingerprint density at radius 2 is 1.89 bits per heavy atom. The van der Waals surface area contributed by atoms with Crippen LogP contribution in [0.1, 0.15) is 40.2 Å². The van der Waals surface area contributed by atoms with E-state index in [0.29, 0.717) is 23.2 Å². The second-order valence-electron chi connectivity index (χ2n) is 9.34. The maximum atomic E-state index is 12.0. The Kier molecular flexibility index (Phi) is 7.25. The van der Waals surface area contributed by atoms with E-state index in [0.717, 1.165) is 53.3 Å². The molecule has 0 saturated carbocycles. The van der Waals surface area contributed by atoms with Gasteiger partial charge in [0.25, 0.3) is 0 Å². The summed E-state index contributed by atoms with van der Waals surface area (Å²) in [6, 6.07) is 13.4. The van der Waals surface area contributed by atoms with Gasteiger partial charge in [0.05, 0.1) is 35.7 Å². The predicted molar refractivity (Wildman–Crippen MR) is 149 cm³/mol. The second kappa shape index (κ2) is 10.7. The zero-order valence-electron chi connectivity index (χ0n) is 21.5. The van der Waals surface area contributed by atoms with Crippen LogP contribution in [0.5, 0.6) is 5.75 Å². The van der Waals surface area contributed by atoms with Gasteiger partial charge in [-0.2, -0.15) is 4.98 Å². The van der Waals surface area contributed by atoms with Crippen molar-refractivity contribution in [2.45, 2.75) is 25.7 Å². The lowest BCUT2D eigenvalue weighted by atomic mass is 9.86. The number of fused-ring (bicyclic) bond motifs is 1. The minimum absolute atomic E-state index is 0.388. The van der Waals surface area contributed by atoms with E-state index >= 15 is 0 Å². The first kappa shape index (κ1) is 25.0. The number of piperidine rings is 1. The molecule has 37 heavy (non-hydrogen) atoms. The van der Waals surface area contributed by atoms with E-state index in [2.05, 4.69) is 41.6 Å². The molecule has 0 spiro atoms. The van der Waals surface area contributed by atoms with Gasteiger partial charge < -0.3 is 25.0 Å². The largest absolute Gasteiger partial charge is 0.495 e. The number of rotatable bonds is 7. The number of methoxy groups -OCH3 is 2.